The van der Waals surface area contributed by atoms with Crippen LogP contribution in [0.4, 0.5) is 10.5 Å². The molecule has 2 rings (SSSR count). The van der Waals surface area contributed by atoms with Gasteiger partial charge in [-0.3, -0.25) is 0 Å². The van der Waals surface area contributed by atoms with Crippen molar-refractivity contribution in [1.82, 2.24) is 4.90 Å². The zero-order valence-electron chi connectivity index (χ0n) is 13.1. The molecule has 1 aliphatic heterocycles. The minimum absolute atomic E-state index is 0.293. The SMILES string of the molecule is CC(C)(C)OC(=O)N1CCN(c2cccc(Cl)c2C#N)CC1. The third-order valence-electron chi connectivity index (χ3n) is 3.38. The molecule has 1 heterocycles. The smallest absolute Gasteiger partial charge is 0.410 e. The van der Waals surface area contributed by atoms with E-state index in [1.165, 1.54) is 0 Å². The lowest BCUT2D eigenvalue weighted by Crippen LogP contribution is -2.50. The number of benzene rings is 1. The van der Waals surface area contributed by atoms with Crippen LogP contribution in [0, 0.1) is 11.3 Å². The predicted octanol–water partition coefficient (Wildman–Crippen LogP) is 3.27. The molecule has 1 aliphatic rings. The number of amides is 1. The van der Waals surface area contributed by atoms with Crippen molar-refractivity contribution in [3.8, 4) is 6.07 Å². The summed E-state index contributed by atoms with van der Waals surface area (Å²) in [6.07, 6.45) is -0.293. The van der Waals surface area contributed by atoms with Crippen molar-refractivity contribution < 1.29 is 9.53 Å². The van der Waals surface area contributed by atoms with E-state index < -0.39 is 5.60 Å². The van der Waals surface area contributed by atoms with E-state index in [0.29, 0.717) is 36.8 Å². The average molecular weight is 322 g/mol. The van der Waals surface area contributed by atoms with Crippen LogP contribution in [-0.2, 0) is 4.74 Å². The van der Waals surface area contributed by atoms with Crippen molar-refractivity contribution in [2.24, 2.45) is 0 Å². The summed E-state index contributed by atoms with van der Waals surface area (Å²) in [5.74, 6) is 0. The lowest BCUT2D eigenvalue weighted by molar-refractivity contribution is 0.0240. The fourth-order valence-electron chi connectivity index (χ4n) is 2.34. The van der Waals surface area contributed by atoms with E-state index in [2.05, 4.69) is 11.0 Å². The van der Waals surface area contributed by atoms with Gasteiger partial charge >= 0.3 is 6.09 Å². The van der Waals surface area contributed by atoms with E-state index in [4.69, 9.17) is 16.3 Å². The van der Waals surface area contributed by atoms with E-state index in [1.807, 2.05) is 32.9 Å². The van der Waals surface area contributed by atoms with E-state index in [1.54, 1.807) is 11.0 Å². The van der Waals surface area contributed by atoms with E-state index >= 15 is 0 Å². The second-order valence-electron chi connectivity index (χ2n) is 6.20. The number of halogens is 1. The van der Waals surface area contributed by atoms with Gasteiger partial charge in [0.1, 0.15) is 11.7 Å². The lowest BCUT2D eigenvalue weighted by atomic mass is 10.1. The van der Waals surface area contributed by atoms with Crippen molar-refractivity contribution >= 4 is 23.4 Å². The summed E-state index contributed by atoms with van der Waals surface area (Å²) in [6, 6.07) is 7.57. The second kappa shape index (κ2) is 6.45. The molecule has 6 heteroatoms. The first-order valence-electron chi connectivity index (χ1n) is 7.23. The highest BCUT2D eigenvalue weighted by atomic mass is 35.5. The summed E-state index contributed by atoms with van der Waals surface area (Å²) < 4.78 is 5.38. The minimum Gasteiger partial charge on any atom is -0.444 e. The molecule has 0 aliphatic carbocycles. The minimum atomic E-state index is -0.491. The van der Waals surface area contributed by atoms with Crippen LogP contribution in [0.2, 0.25) is 5.02 Å². The van der Waals surface area contributed by atoms with Crippen molar-refractivity contribution in [3.05, 3.63) is 28.8 Å². The molecule has 0 atom stereocenters. The summed E-state index contributed by atoms with van der Waals surface area (Å²) in [5, 5.41) is 9.71. The quantitative estimate of drug-likeness (QED) is 0.796. The Balaban J connectivity index is 2.03. The van der Waals surface area contributed by atoms with Crippen molar-refractivity contribution in [2.45, 2.75) is 26.4 Å². The lowest BCUT2D eigenvalue weighted by Gasteiger charge is -2.37. The number of carbonyl (C=O) groups is 1. The molecule has 118 valence electrons. The molecule has 0 unspecified atom stereocenters. The first kappa shape index (κ1) is 16.4. The molecule has 0 bridgehead atoms. The maximum Gasteiger partial charge on any atom is 0.410 e. The summed E-state index contributed by atoms with van der Waals surface area (Å²) in [5.41, 5.74) is 0.809. The highest BCUT2D eigenvalue weighted by Gasteiger charge is 2.26. The number of nitriles is 1. The van der Waals surface area contributed by atoms with Gasteiger partial charge in [0.05, 0.1) is 16.3 Å². The Morgan fingerprint density at radius 1 is 1.27 bits per heavy atom. The highest BCUT2D eigenvalue weighted by molar-refractivity contribution is 6.32. The van der Waals surface area contributed by atoms with Gasteiger partial charge < -0.3 is 14.5 Å². The summed E-state index contributed by atoms with van der Waals surface area (Å²) in [7, 11) is 0. The molecule has 1 saturated heterocycles. The van der Waals surface area contributed by atoms with Gasteiger partial charge in [0, 0.05) is 26.2 Å². The van der Waals surface area contributed by atoms with Crippen LogP contribution in [0.5, 0.6) is 0 Å². The Morgan fingerprint density at radius 3 is 2.45 bits per heavy atom. The predicted molar refractivity (Wildman–Crippen MR) is 86.2 cm³/mol. The maximum absolute atomic E-state index is 12.0. The van der Waals surface area contributed by atoms with Gasteiger partial charge in [0.25, 0.3) is 0 Å². The zero-order chi connectivity index (χ0) is 16.3. The van der Waals surface area contributed by atoms with E-state index in [-0.39, 0.29) is 6.09 Å². The van der Waals surface area contributed by atoms with Crippen LogP contribution in [0.1, 0.15) is 26.3 Å². The fourth-order valence-corrected chi connectivity index (χ4v) is 2.56. The number of hydrogen-bond acceptors (Lipinski definition) is 4. The number of carbonyl (C=O) groups excluding carboxylic acids is 1. The van der Waals surface area contributed by atoms with Gasteiger partial charge in [-0.05, 0) is 32.9 Å². The van der Waals surface area contributed by atoms with Crippen molar-refractivity contribution in [1.29, 1.82) is 5.26 Å². The summed E-state index contributed by atoms with van der Waals surface area (Å²) in [4.78, 5) is 15.8. The third kappa shape index (κ3) is 3.83. The molecule has 1 aromatic carbocycles. The molecule has 5 nitrogen and oxygen atoms in total. The van der Waals surface area contributed by atoms with Crippen LogP contribution in [0.15, 0.2) is 18.2 Å². The van der Waals surface area contributed by atoms with Gasteiger partial charge in [0.2, 0.25) is 0 Å². The number of rotatable bonds is 1. The number of anilines is 1. The molecule has 0 N–H and O–H groups in total. The zero-order valence-corrected chi connectivity index (χ0v) is 13.9. The third-order valence-corrected chi connectivity index (χ3v) is 3.69. The number of nitrogens with zero attached hydrogens (tertiary/aromatic N) is 3. The monoisotopic (exact) mass is 321 g/mol. The molecule has 0 radical (unpaired) electrons. The van der Waals surface area contributed by atoms with Gasteiger partial charge in [-0.1, -0.05) is 17.7 Å². The van der Waals surface area contributed by atoms with Crippen molar-refractivity contribution in [2.75, 3.05) is 31.1 Å². The van der Waals surface area contributed by atoms with Crippen molar-refractivity contribution in [3.63, 3.8) is 0 Å². The average Bonchev–Trinajstić information content (AvgIpc) is 2.45. The largest absolute Gasteiger partial charge is 0.444 e. The number of hydrogen-bond donors (Lipinski definition) is 0. The van der Waals surface area contributed by atoms with Crippen LogP contribution in [0.25, 0.3) is 0 Å². The summed E-state index contributed by atoms with van der Waals surface area (Å²) >= 11 is 6.07. The normalized spacial score (nSPS) is 15.4. The molecular weight excluding hydrogens is 302 g/mol. The van der Waals surface area contributed by atoms with Gasteiger partial charge in [-0.15, -0.1) is 0 Å². The molecule has 0 aromatic heterocycles. The first-order valence-corrected chi connectivity index (χ1v) is 7.61. The van der Waals surface area contributed by atoms with Gasteiger partial charge in [-0.2, -0.15) is 5.26 Å². The Bertz CT molecular complexity index is 596. The molecule has 1 fully saturated rings. The highest BCUT2D eigenvalue weighted by Crippen LogP contribution is 2.27. The topological polar surface area (TPSA) is 56.6 Å². The molecular formula is C16H20ClN3O2. The summed E-state index contributed by atoms with van der Waals surface area (Å²) in [6.45, 7) is 7.98. The molecule has 1 aromatic rings. The van der Waals surface area contributed by atoms with Crippen LogP contribution in [-0.4, -0.2) is 42.8 Å². The van der Waals surface area contributed by atoms with E-state index in [9.17, 15) is 10.1 Å². The Hall–Kier alpha value is -1.93. The van der Waals surface area contributed by atoms with Crippen LogP contribution < -0.4 is 4.90 Å². The van der Waals surface area contributed by atoms with Crippen LogP contribution in [0.3, 0.4) is 0 Å². The Kier molecular flexibility index (Phi) is 4.82. The Labute approximate surface area is 136 Å². The molecule has 22 heavy (non-hydrogen) atoms. The second-order valence-corrected chi connectivity index (χ2v) is 6.61. The van der Waals surface area contributed by atoms with Gasteiger partial charge in [-0.25, -0.2) is 4.79 Å². The van der Waals surface area contributed by atoms with Gasteiger partial charge in [0.15, 0.2) is 0 Å². The molecule has 0 spiro atoms. The van der Waals surface area contributed by atoms with E-state index in [0.717, 1.165) is 5.69 Å². The van der Waals surface area contributed by atoms with Crippen LogP contribution >= 0.6 is 11.6 Å². The Morgan fingerprint density at radius 2 is 1.91 bits per heavy atom. The fraction of sp³-hybridized carbons (Fsp3) is 0.500. The molecule has 1 amide bonds. The first-order chi connectivity index (χ1) is 10.3. The number of ether oxygens (including phenoxy) is 1. The molecule has 0 saturated carbocycles. The standard InChI is InChI=1S/C16H20ClN3O2/c1-16(2,3)22-15(21)20-9-7-19(8-10-20)14-6-4-5-13(17)12(14)11-18/h4-6H,7-10H2,1-3H3. The maximum atomic E-state index is 12.0. The number of piperazine rings is 1.